The van der Waals surface area contributed by atoms with E-state index in [-0.39, 0.29) is 11.9 Å². The van der Waals surface area contributed by atoms with Crippen LogP contribution >= 0.6 is 0 Å². The molecule has 4 nitrogen and oxygen atoms in total. The van der Waals surface area contributed by atoms with Crippen LogP contribution in [-0.2, 0) is 0 Å². The highest BCUT2D eigenvalue weighted by molar-refractivity contribution is 5.41. The van der Waals surface area contributed by atoms with Gasteiger partial charge in [-0.15, -0.1) is 0 Å². The number of hydrogen-bond acceptors (Lipinski definition) is 4. The molecule has 0 radical (unpaired) electrons. The Labute approximate surface area is 95.7 Å². The van der Waals surface area contributed by atoms with Crippen molar-refractivity contribution in [2.24, 2.45) is 0 Å². The normalized spacial score (nSPS) is 12.2. The molecule has 1 heterocycles. The van der Waals surface area contributed by atoms with Gasteiger partial charge in [-0.3, -0.25) is 0 Å². The van der Waals surface area contributed by atoms with Crippen molar-refractivity contribution in [2.75, 3.05) is 17.2 Å². The third-order valence-corrected chi connectivity index (χ3v) is 2.27. The molecule has 0 spiro atoms. The van der Waals surface area contributed by atoms with Crippen molar-refractivity contribution in [3.8, 4) is 0 Å². The molecule has 0 aromatic carbocycles. The van der Waals surface area contributed by atoms with Gasteiger partial charge in [0, 0.05) is 12.6 Å². The molecule has 0 saturated heterocycles. The molecular weight excluding hydrogens is 207 g/mol. The Morgan fingerprint density at radius 3 is 2.81 bits per heavy atom. The van der Waals surface area contributed by atoms with Crippen LogP contribution in [0.25, 0.3) is 0 Å². The molecule has 0 fully saturated rings. The quantitative estimate of drug-likeness (QED) is 0.783. The Morgan fingerprint density at radius 2 is 2.19 bits per heavy atom. The van der Waals surface area contributed by atoms with Gasteiger partial charge in [-0.1, -0.05) is 13.8 Å². The summed E-state index contributed by atoms with van der Waals surface area (Å²) in [4.78, 5) is 7.96. The molecule has 0 amide bonds. The summed E-state index contributed by atoms with van der Waals surface area (Å²) in [6.07, 6.45) is 3.09. The van der Waals surface area contributed by atoms with Crippen molar-refractivity contribution >= 4 is 11.8 Å². The summed E-state index contributed by atoms with van der Waals surface area (Å²) < 4.78 is 13.4. The molecule has 0 aliphatic rings. The molecule has 0 saturated carbocycles. The van der Waals surface area contributed by atoms with Crippen molar-refractivity contribution in [1.29, 1.82) is 0 Å². The molecule has 1 unspecified atom stereocenters. The van der Waals surface area contributed by atoms with Crippen LogP contribution in [0.3, 0.4) is 0 Å². The van der Waals surface area contributed by atoms with Crippen LogP contribution in [0.2, 0.25) is 0 Å². The largest absolute Gasteiger partial charge is 0.365 e. The van der Waals surface area contributed by atoms with E-state index >= 15 is 0 Å². The topological polar surface area (TPSA) is 49.8 Å². The summed E-state index contributed by atoms with van der Waals surface area (Å²) in [7, 11) is 0. The molecule has 1 rings (SSSR count). The summed E-state index contributed by atoms with van der Waals surface area (Å²) in [6, 6.07) is 0.198. The molecule has 90 valence electrons. The van der Waals surface area contributed by atoms with Crippen molar-refractivity contribution in [2.45, 2.75) is 39.7 Å². The number of aromatic nitrogens is 2. The second kappa shape index (κ2) is 6.25. The average molecular weight is 226 g/mol. The number of anilines is 2. The lowest BCUT2D eigenvalue weighted by atomic mass is 10.2. The van der Waals surface area contributed by atoms with Crippen molar-refractivity contribution in [3.05, 3.63) is 12.0 Å². The lowest BCUT2D eigenvalue weighted by Crippen LogP contribution is -2.17. The van der Waals surface area contributed by atoms with Gasteiger partial charge >= 0.3 is 0 Å². The van der Waals surface area contributed by atoms with Gasteiger partial charge in [-0.2, -0.15) is 4.98 Å². The molecule has 0 aliphatic carbocycles. The molecule has 5 heteroatoms. The fourth-order valence-corrected chi connectivity index (χ4v) is 1.13. The minimum atomic E-state index is -0.414. The fourth-order valence-electron chi connectivity index (χ4n) is 1.13. The van der Waals surface area contributed by atoms with Gasteiger partial charge < -0.3 is 10.6 Å². The van der Waals surface area contributed by atoms with Gasteiger partial charge in [0.15, 0.2) is 11.6 Å². The van der Waals surface area contributed by atoms with Crippen molar-refractivity contribution in [3.63, 3.8) is 0 Å². The monoisotopic (exact) mass is 226 g/mol. The first kappa shape index (κ1) is 12.7. The van der Waals surface area contributed by atoms with Gasteiger partial charge in [0.25, 0.3) is 0 Å². The maximum Gasteiger partial charge on any atom is 0.224 e. The summed E-state index contributed by atoms with van der Waals surface area (Å²) in [6.45, 7) is 6.86. The van der Waals surface area contributed by atoms with E-state index in [4.69, 9.17) is 0 Å². The van der Waals surface area contributed by atoms with Crippen molar-refractivity contribution < 1.29 is 4.39 Å². The van der Waals surface area contributed by atoms with Crippen LogP contribution < -0.4 is 10.6 Å². The second-order valence-corrected chi connectivity index (χ2v) is 3.77. The van der Waals surface area contributed by atoms with E-state index in [1.165, 1.54) is 6.20 Å². The molecule has 0 aliphatic heterocycles. The number of halogens is 1. The molecule has 2 N–H and O–H groups in total. The third kappa shape index (κ3) is 3.64. The highest BCUT2D eigenvalue weighted by Crippen LogP contribution is 2.13. The van der Waals surface area contributed by atoms with E-state index in [0.717, 1.165) is 19.4 Å². The number of rotatable bonds is 6. The summed E-state index contributed by atoms with van der Waals surface area (Å²) >= 11 is 0. The maximum absolute atomic E-state index is 13.4. The van der Waals surface area contributed by atoms with Crippen molar-refractivity contribution in [1.82, 2.24) is 9.97 Å². The van der Waals surface area contributed by atoms with Crippen LogP contribution in [-0.4, -0.2) is 22.6 Å². The first-order valence-corrected chi connectivity index (χ1v) is 5.70. The smallest absolute Gasteiger partial charge is 0.224 e. The highest BCUT2D eigenvalue weighted by atomic mass is 19.1. The van der Waals surface area contributed by atoms with E-state index in [2.05, 4.69) is 27.5 Å². The minimum Gasteiger partial charge on any atom is -0.365 e. The van der Waals surface area contributed by atoms with E-state index in [9.17, 15) is 4.39 Å². The first-order valence-electron chi connectivity index (χ1n) is 5.70. The first-order chi connectivity index (χ1) is 7.67. The Morgan fingerprint density at radius 1 is 1.44 bits per heavy atom. The summed E-state index contributed by atoms with van der Waals surface area (Å²) in [5.41, 5.74) is 0. The molecule has 0 bridgehead atoms. The van der Waals surface area contributed by atoms with Crippen LogP contribution in [0.4, 0.5) is 16.2 Å². The van der Waals surface area contributed by atoms with Gasteiger partial charge in [0.05, 0.1) is 6.20 Å². The lowest BCUT2D eigenvalue weighted by molar-refractivity contribution is 0.611. The SMILES string of the molecule is CCCNc1ncc(F)c(NC(C)CC)n1. The Hall–Kier alpha value is -1.39. The number of hydrogen-bond donors (Lipinski definition) is 2. The summed E-state index contributed by atoms with van der Waals surface area (Å²) in [5.74, 6) is 0.319. The molecule has 1 aromatic heterocycles. The zero-order chi connectivity index (χ0) is 12.0. The highest BCUT2D eigenvalue weighted by Gasteiger charge is 2.08. The predicted octanol–water partition coefficient (Wildman–Crippen LogP) is 2.65. The van der Waals surface area contributed by atoms with E-state index < -0.39 is 5.82 Å². The zero-order valence-electron chi connectivity index (χ0n) is 10.0. The Kier molecular flexibility index (Phi) is 4.95. The molecule has 1 atom stereocenters. The second-order valence-electron chi connectivity index (χ2n) is 3.77. The van der Waals surface area contributed by atoms with Crippen LogP contribution in [0, 0.1) is 5.82 Å². The zero-order valence-corrected chi connectivity index (χ0v) is 10.0. The molecule has 16 heavy (non-hydrogen) atoms. The maximum atomic E-state index is 13.4. The lowest BCUT2D eigenvalue weighted by Gasteiger charge is -2.13. The standard InChI is InChI=1S/C11H19FN4/c1-4-6-13-11-14-7-9(12)10(16-11)15-8(3)5-2/h7-8H,4-6H2,1-3H3,(H2,13,14,15,16). The predicted molar refractivity (Wildman–Crippen MR) is 64.1 cm³/mol. The van der Waals surface area contributed by atoms with Crippen LogP contribution in [0.5, 0.6) is 0 Å². The van der Waals surface area contributed by atoms with Gasteiger partial charge in [-0.05, 0) is 19.8 Å². The van der Waals surface area contributed by atoms with E-state index in [1.807, 2.05) is 13.8 Å². The molecule has 1 aromatic rings. The summed E-state index contributed by atoms with van der Waals surface area (Å²) in [5, 5.41) is 6.03. The Balaban J connectivity index is 2.73. The van der Waals surface area contributed by atoms with Gasteiger partial charge in [0.2, 0.25) is 5.95 Å². The third-order valence-electron chi connectivity index (χ3n) is 2.27. The molecular formula is C11H19FN4. The average Bonchev–Trinajstić information content (AvgIpc) is 2.30. The van der Waals surface area contributed by atoms with Gasteiger partial charge in [0.1, 0.15) is 0 Å². The Bertz CT molecular complexity index is 330. The van der Waals surface area contributed by atoms with E-state index in [0.29, 0.717) is 5.95 Å². The fraction of sp³-hybridized carbons (Fsp3) is 0.636. The van der Waals surface area contributed by atoms with Gasteiger partial charge in [-0.25, -0.2) is 9.37 Å². The minimum absolute atomic E-state index is 0.198. The van der Waals surface area contributed by atoms with E-state index in [1.54, 1.807) is 0 Å². The van der Waals surface area contributed by atoms with Crippen LogP contribution in [0.1, 0.15) is 33.6 Å². The van der Waals surface area contributed by atoms with Crippen LogP contribution in [0.15, 0.2) is 6.20 Å². The number of nitrogens with zero attached hydrogens (tertiary/aromatic N) is 2. The number of nitrogens with one attached hydrogen (secondary N) is 2.